The second-order valence-corrected chi connectivity index (χ2v) is 7.52. The summed E-state index contributed by atoms with van der Waals surface area (Å²) >= 11 is 0. The predicted octanol–water partition coefficient (Wildman–Crippen LogP) is 3.22. The van der Waals surface area contributed by atoms with Crippen LogP contribution in [0, 0.1) is 12.3 Å². The quantitative estimate of drug-likeness (QED) is 0.721. The van der Waals surface area contributed by atoms with Gasteiger partial charge in [0.1, 0.15) is 17.4 Å². The van der Waals surface area contributed by atoms with E-state index >= 15 is 0 Å². The fraction of sp³-hybridized carbons (Fsp3) is 0.650. The molecule has 0 bridgehead atoms. The first-order valence-corrected chi connectivity index (χ1v) is 9.16. The summed E-state index contributed by atoms with van der Waals surface area (Å²) in [5.74, 6) is 0.698. The van der Waals surface area contributed by atoms with E-state index in [0.29, 0.717) is 19.6 Å². The SMILES string of the molecule is CCOC1CC(N)(C(=O)NCC(CC)Oc2cccc(C)c2)C1(C)C.Cl. The molecule has 1 aromatic rings. The Morgan fingerprint density at radius 1 is 1.38 bits per heavy atom. The Morgan fingerprint density at radius 3 is 2.62 bits per heavy atom. The summed E-state index contributed by atoms with van der Waals surface area (Å²) in [4.78, 5) is 12.7. The molecule has 5 nitrogen and oxygen atoms in total. The minimum Gasteiger partial charge on any atom is -0.489 e. The lowest BCUT2D eigenvalue weighted by Gasteiger charge is -2.57. The molecule has 1 amide bonds. The monoisotopic (exact) mass is 384 g/mol. The van der Waals surface area contributed by atoms with E-state index in [0.717, 1.165) is 17.7 Å². The van der Waals surface area contributed by atoms with E-state index < -0.39 is 5.54 Å². The van der Waals surface area contributed by atoms with Crippen LogP contribution in [0.25, 0.3) is 0 Å². The molecule has 1 aromatic carbocycles. The van der Waals surface area contributed by atoms with Crippen molar-refractivity contribution in [2.75, 3.05) is 13.2 Å². The van der Waals surface area contributed by atoms with Gasteiger partial charge in [0.2, 0.25) is 5.91 Å². The summed E-state index contributed by atoms with van der Waals surface area (Å²) in [7, 11) is 0. The molecule has 0 radical (unpaired) electrons. The highest BCUT2D eigenvalue weighted by molar-refractivity contribution is 5.88. The van der Waals surface area contributed by atoms with Crippen LogP contribution in [0.4, 0.5) is 0 Å². The molecule has 0 aliphatic heterocycles. The van der Waals surface area contributed by atoms with Gasteiger partial charge in [-0.1, -0.05) is 32.9 Å². The Bertz CT molecular complexity index is 608. The molecule has 0 heterocycles. The van der Waals surface area contributed by atoms with Crippen LogP contribution in [0.5, 0.6) is 5.75 Å². The van der Waals surface area contributed by atoms with Crippen molar-refractivity contribution >= 4 is 18.3 Å². The van der Waals surface area contributed by atoms with Gasteiger partial charge >= 0.3 is 0 Å². The van der Waals surface area contributed by atoms with Gasteiger partial charge in [-0.2, -0.15) is 0 Å². The van der Waals surface area contributed by atoms with Crippen molar-refractivity contribution in [2.24, 2.45) is 11.1 Å². The molecule has 148 valence electrons. The van der Waals surface area contributed by atoms with E-state index in [1.807, 2.05) is 58.9 Å². The van der Waals surface area contributed by atoms with Gasteiger partial charge in [-0.15, -0.1) is 12.4 Å². The van der Waals surface area contributed by atoms with E-state index in [9.17, 15) is 4.79 Å². The molecule has 0 saturated heterocycles. The lowest BCUT2D eigenvalue weighted by molar-refractivity contribution is -0.170. The lowest BCUT2D eigenvalue weighted by Crippen LogP contribution is -2.76. The van der Waals surface area contributed by atoms with Crippen LogP contribution in [0.15, 0.2) is 24.3 Å². The lowest BCUT2D eigenvalue weighted by atomic mass is 9.54. The maximum atomic E-state index is 12.7. The number of rotatable bonds is 8. The largest absolute Gasteiger partial charge is 0.489 e. The fourth-order valence-corrected chi connectivity index (χ4v) is 3.34. The highest BCUT2D eigenvalue weighted by Gasteiger charge is 2.62. The first-order chi connectivity index (χ1) is 11.7. The van der Waals surface area contributed by atoms with E-state index in [1.165, 1.54) is 0 Å². The molecule has 3 unspecified atom stereocenters. The van der Waals surface area contributed by atoms with Crippen LogP contribution >= 0.6 is 12.4 Å². The first kappa shape index (κ1) is 22.7. The number of amides is 1. The molecule has 3 atom stereocenters. The third-order valence-corrected chi connectivity index (χ3v) is 5.47. The molecule has 1 fully saturated rings. The molecular formula is C20H33ClN2O3. The number of hydrogen-bond donors (Lipinski definition) is 2. The topological polar surface area (TPSA) is 73.6 Å². The van der Waals surface area contributed by atoms with Crippen molar-refractivity contribution in [3.63, 3.8) is 0 Å². The van der Waals surface area contributed by atoms with E-state index in [4.69, 9.17) is 15.2 Å². The van der Waals surface area contributed by atoms with Gasteiger partial charge in [0.15, 0.2) is 0 Å². The number of carbonyl (C=O) groups is 1. The van der Waals surface area contributed by atoms with Crippen molar-refractivity contribution in [1.29, 1.82) is 0 Å². The maximum Gasteiger partial charge on any atom is 0.240 e. The van der Waals surface area contributed by atoms with Crippen molar-refractivity contribution in [1.82, 2.24) is 5.32 Å². The Labute approximate surface area is 163 Å². The first-order valence-electron chi connectivity index (χ1n) is 9.16. The van der Waals surface area contributed by atoms with Gasteiger partial charge in [0.25, 0.3) is 0 Å². The zero-order valence-electron chi connectivity index (χ0n) is 16.5. The number of nitrogens with one attached hydrogen (secondary N) is 1. The van der Waals surface area contributed by atoms with E-state index in [-0.39, 0.29) is 35.9 Å². The van der Waals surface area contributed by atoms with Crippen molar-refractivity contribution in [3.8, 4) is 5.75 Å². The second kappa shape index (κ2) is 9.07. The number of aryl methyl sites for hydroxylation is 1. The minimum absolute atomic E-state index is 0. The van der Waals surface area contributed by atoms with Crippen LogP contribution in [-0.4, -0.2) is 36.8 Å². The van der Waals surface area contributed by atoms with E-state index in [1.54, 1.807) is 0 Å². The third-order valence-electron chi connectivity index (χ3n) is 5.47. The zero-order valence-corrected chi connectivity index (χ0v) is 17.3. The summed E-state index contributed by atoms with van der Waals surface area (Å²) < 4.78 is 11.7. The molecule has 0 aromatic heterocycles. The second-order valence-electron chi connectivity index (χ2n) is 7.52. The normalized spacial score (nSPS) is 24.8. The van der Waals surface area contributed by atoms with Crippen molar-refractivity contribution < 1.29 is 14.3 Å². The standard InChI is InChI=1S/C20H32N2O3.ClH/c1-6-15(25-16-10-8-9-14(3)11-16)13-22-18(23)20(21)12-17(24-7-2)19(20,4)5;/h8-11,15,17H,6-7,12-13,21H2,1-5H3,(H,22,23);1H. The molecular weight excluding hydrogens is 352 g/mol. The maximum absolute atomic E-state index is 12.7. The van der Waals surface area contributed by atoms with Crippen LogP contribution in [0.2, 0.25) is 0 Å². The van der Waals surface area contributed by atoms with Gasteiger partial charge in [0, 0.05) is 18.4 Å². The Balaban J connectivity index is 0.00000338. The predicted molar refractivity (Wildman–Crippen MR) is 107 cm³/mol. The molecule has 0 spiro atoms. The molecule has 1 aliphatic rings. The average Bonchev–Trinajstić information content (AvgIpc) is 2.57. The summed E-state index contributed by atoms with van der Waals surface area (Å²) in [5.41, 5.74) is 6.28. The van der Waals surface area contributed by atoms with Crippen LogP contribution in [-0.2, 0) is 9.53 Å². The van der Waals surface area contributed by atoms with Crippen LogP contribution < -0.4 is 15.8 Å². The van der Waals surface area contributed by atoms with Crippen LogP contribution in [0.3, 0.4) is 0 Å². The number of carbonyl (C=O) groups excluding carboxylic acids is 1. The molecule has 3 N–H and O–H groups in total. The smallest absolute Gasteiger partial charge is 0.240 e. The number of ether oxygens (including phenoxy) is 2. The van der Waals surface area contributed by atoms with Crippen molar-refractivity contribution in [3.05, 3.63) is 29.8 Å². The summed E-state index contributed by atoms with van der Waals surface area (Å²) in [6.07, 6.45) is 1.30. The van der Waals surface area contributed by atoms with Gasteiger partial charge in [-0.25, -0.2) is 0 Å². The zero-order chi connectivity index (χ0) is 18.7. The summed E-state index contributed by atoms with van der Waals surface area (Å²) in [5, 5.41) is 2.98. The number of hydrogen-bond acceptors (Lipinski definition) is 4. The molecule has 26 heavy (non-hydrogen) atoms. The highest BCUT2D eigenvalue weighted by Crippen LogP contribution is 2.49. The molecule has 2 rings (SSSR count). The number of nitrogens with two attached hydrogens (primary N) is 1. The number of benzene rings is 1. The van der Waals surface area contributed by atoms with Gasteiger partial charge in [-0.3, -0.25) is 4.79 Å². The Kier molecular flexibility index (Phi) is 7.93. The highest BCUT2D eigenvalue weighted by atomic mass is 35.5. The average molecular weight is 385 g/mol. The minimum atomic E-state index is -0.894. The number of halogens is 1. The molecule has 6 heteroatoms. The summed E-state index contributed by atoms with van der Waals surface area (Å²) in [6.45, 7) is 11.1. The fourth-order valence-electron chi connectivity index (χ4n) is 3.34. The Morgan fingerprint density at radius 2 is 2.08 bits per heavy atom. The molecule has 1 saturated carbocycles. The Hall–Kier alpha value is -1.30. The van der Waals surface area contributed by atoms with Crippen LogP contribution in [0.1, 0.15) is 46.1 Å². The van der Waals surface area contributed by atoms with E-state index in [2.05, 4.69) is 5.32 Å². The van der Waals surface area contributed by atoms with Gasteiger partial charge < -0.3 is 20.5 Å². The molecule has 1 aliphatic carbocycles. The third kappa shape index (κ3) is 4.51. The van der Waals surface area contributed by atoms with Crippen molar-refractivity contribution in [2.45, 2.75) is 65.2 Å². The van der Waals surface area contributed by atoms with Gasteiger partial charge in [-0.05, 0) is 38.0 Å². The summed E-state index contributed by atoms with van der Waals surface area (Å²) in [6, 6.07) is 7.93. The van der Waals surface area contributed by atoms with Gasteiger partial charge in [0.05, 0.1) is 12.6 Å².